The van der Waals surface area contributed by atoms with Crippen molar-refractivity contribution in [3.63, 3.8) is 0 Å². The van der Waals surface area contributed by atoms with Crippen molar-refractivity contribution in [2.24, 2.45) is 0 Å². The fraction of sp³-hybridized carbons (Fsp3) is 0. The summed E-state index contributed by atoms with van der Waals surface area (Å²) in [6, 6.07) is 15.9. The van der Waals surface area contributed by atoms with Gasteiger partial charge in [0.1, 0.15) is 0 Å². The van der Waals surface area contributed by atoms with Gasteiger partial charge in [0.2, 0.25) is 0 Å². The van der Waals surface area contributed by atoms with Crippen molar-refractivity contribution in [3.8, 4) is 11.1 Å². The number of thiophene rings is 1. The summed E-state index contributed by atoms with van der Waals surface area (Å²) in [7, 11) is 0. The first-order valence-electron chi connectivity index (χ1n) is 5.07. The third kappa shape index (κ3) is 1.42. The summed E-state index contributed by atoms with van der Waals surface area (Å²) in [5.41, 5.74) is 1.67. The molecule has 16 heavy (non-hydrogen) atoms. The van der Waals surface area contributed by atoms with Gasteiger partial charge in [0.25, 0.3) is 0 Å². The average Bonchev–Trinajstić information content (AvgIpc) is 2.75. The molecule has 0 radical (unpaired) electrons. The molecule has 78 valence electrons. The van der Waals surface area contributed by atoms with E-state index in [1.165, 1.54) is 0 Å². The number of rotatable bonds is 1. The molecule has 0 amide bonds. The van der Waals surface area contributed by atoms with E-state index in [9.17, 15) is 4.39 Å². The Balaban J connectivity index is 2.36. The van der Waals surface area contributed by atoms with Gasteiger partial charge < -0.3 is 0 Å². The van der Waals surface area contributed by atoms with Gasteiger partial charge in [0, 0.05) is 5.56 Å². The Hall–Kier alpha value is -1.67. The van der Waals surface area contributed by atoms with E-state index in [4.69, 9.17) is 0 Å². The smallest absolute Gasteiger partial charge is 0.184 e. The van der Waals surface area contributed by atoms with Crippen LogP contribution in [0.5, 0.6) is 0 Å². The van der Waals surface area contributed by atoms with Crippen LogP contribution in [0.25, 0.3) is 21.9 Å². The van der Waals surface area contributed by atoms with E-state index >= 15 is 0 Å². The van der Waals surface area contributed by atoms with Gasteiger partial charge in [-0.05, 0) is 27.8 Å². The van der Waals surface area contributed by atoms with Crippen LogP contribution in [0.15, 0.2) is 53.9 Å². The zero-order chi connectivity index (χ0) is 11.0. The number of halogens is 1. The number of hydrogen-bond acceptors (Lipinski definition) is 1. The Labute approximate surface area is 97.0 Å². The van der Waals surface area contributed by atoms with Gasteiger partial charge in [0.05, 0.1) is 0 Å². The summed E-state index contributed by atoms with van der Waals surface area (Å²) < 4.78 is 13.6. The minimum atomic E-state index is -0.114. The Morgan fingerprint density at radius 2 is 1.62 bits per heavy atom. The average molecular weight is 228 g/mol. The molecule has 0 spiro atoms. The molecule has 0 saturated heterocycles. The topological polar surface area (TPSA) is 0 Å². The number of benzene rings is 2. The molecule has 0 fully saturated rings. The minimum absolute atomic E-state index is 0.114. The minimum Gasteiger partial charge on any atom is -0.194 e. The van der Waals surface area contributed by atoms with E-state index in [2.05, 4.69) is 0 Å². The lowest BCUT2D eigenvalue weighted by Gasteiger charge is -2.04. The van der Waals surface area contributed by atoms with Crippen LogP contribution in [0, 0.1) is 5.13 Å². The van der Waals surface area contributed by atoms with Gasteiger partial charge in [-0.2, -0.15) is 4.39 Å². The van der Waals surface area contributed by atoms with Gasteiger partial charge in [-0.15, -0.1) is 11.3 Å². The molecular weight excluding hydrogens is 219 g/mol. The molecule has 1 heterocycles. The summed E-state index contributed by atoms with van der Waals surface area (Å²) in [4.78, 5) is 0. The number of fused-ring (bicyclic) bond motifs is 1. The lowest BCUT2D eigenvalue weighted by molar-refractivity contribution is 0.660. The Morgan fingerprint density at radius 1 is 0.812 bits per heavy atom. The van der Waals surface area contributed by atoms with Crippen LogP contribution < -0.4 is 0 Å². The van der Waals surface area contributed by atoms with Gasteiger partial charge >= 0.3 is 0 Å². The highest BCUT2D eigenvalue weighted by atomic mass is 32.1. The second-order valence-electron chi connectivity index (χ2n) is 3.63. The molecule has 0 atom stereocenters. The lowest BCUT2D eigenvalue weighted by Crippen LogP contribution is -1.80. The highest BCUT2D eigenvalue weighted by molar-refractivity contribution is 7.08. The van der Waals surface area contributed by atoms with E-state index < -0.39 is 0 Å². The largest absolute Gasteiger partial charge is 0.194 e. The normalized spacial score (nSPS) is 10.8. The molecule has 1 aromatic heterocycles. The molecule has 0 unspecified atom stereocenters. The molecule has 2 aromatic carbocycles. The molecule has 0 aliphatic carbocycles. The molecular formula is C14H9FS. The van der Waals surface area contributed by atoms with Crippen LogP contribution in [-0.2, 0) is 0 Å². The third-order valence-electron chi connectivity index (χ3n) is 2.70. The molecule has 0 nitrogen and oxygen atoms in total. The lowest BCUT2D eigenvalue weighted by atomic mass is 10.0. The fourth-order valence-corrected chi connectivity index (χ4v) is 2.58. The van der Waals surface area contributed by atoms with E-state index in [0.29, 0.717) is 5.56 Å². The van der Waals surface area contributed by atoms with E-state index in [0.717, 1.165) is 27.7 Å². The van der Waals surface area contributed by atoms with Crippen molar-refractivity contribution in [2.45, 2.75) is 0 Å². The quantitative estimate of drug-likeness (QED) is 0.566. The van der Waals surface area contributed by atoms with Gasteiger partial charge in [-0.3, -0.25) is 0 Å². The summed E-state index contributed by atoms with van der Waals surface area (Å²) >= 11 is 1.14. The van der Waals surface area contributed by atoms with Crippen molar-refractivity contribution in [1.82, 2.24) is 0 Å². The van der Waals surface area contributed by atoms with Crippen molar-refractivity contribution < 1.29 is 4.39 Å². The van der Waals surface area contributed by atoms with Crippen LogP contribution in [0.2, 0.25) is 0 Å². The van der Waals surface area contributed by atoms with Gasteiger partial charge in [-0.25, -0.2) is 0 Å². The van der Waals surface area contributed by atoms with E-state index in [1.54, 1.807) is 5.38 Å². The molecule has 3 aromatic rings. The summed E-state index contributed by atoms with van der Waals surface area (Å²) in [5.74, 6) is 0. The summed E-state index contributed by atoms with van der Waals surface area (Å²) in [5, 5.41) is 3.91. The Kier molecular flexibility index (Phi) is 2.22. The standard InChI is InChI=1S/C14H9FS/c15-14-13(8-9-16-14)12-7-3-5-10-4-1-2-6-11(10)12/h1-9H. The summed E-state index contributed by atoms with van der Waals surface area (Å²) in [6.45, 7) is 0. The van der Waals surface area contributed by atoms with Crippen LogP contribution >= 0.6 is 11.3 Å². The van der Waals surface area contributed by atoms with Crippen LogP contribution in [0.1, 0.15) is 0 Å². The van der Waals surface area contributed by atoms with E-state index in [1.807, 2.05) is 48.5 Å². The first-order valence-corrected chi connectivity index (χ1v) is 5.95. The predicted octanol–water partition coefficient (Wildman–Crippen LogP) is 4.71. The fourth-order valence-electron chi connectivity index (χ4n) is 1.95. The molecule has 2 heteroatoms. The zero-order valence-corrected chi connectivity index (χ0v) is 9.30. The molecule has 0 aliphatic heterocycles. The maximum Gasteiger partial charge on any atom is 0.184 e. The van der Waals surface area contributed by atoms with Crippen molar-refractivity contribution in [3.05, 3.63) is 59.0 Å². The van der Waals surface area contributed by atoms with Gasteiger partial charge in [-0.1, -0.05) is 42.5 Å². The zero-order valence-electron chi connectivity index (χ0n) is 8.48. The van der Waals surface area contributed by atoms with E-state index in [-0.39, 0.29) is 5.13 Å². The van der Waals surface area contributed by atoms with Crippen LogP contribution in [0.3, 0.4) is 0 Å². The first-order chi connectivity index (χ1) is 7.86. The maximum atomic E-state index is 13.6. The monoisotopic (exact) mass is 228 g/mol. The van der Waals surface area contributed by atoms with Crippen molar-refractivity contribution in [1.29, 1.82) is 0 Å². The Bertz CT molecular complexity index is 635. The summed E-state index contributed by atoms with van der Waals surface area (Å²) in [6.07, 6.45) is 0. The highest BCUT2D eigenvalue weighted by Crippen LogP contribution is 2.32. The highest BCUT2D eigenvalue weighted by Gasteiger charge is 2.08. The maximum absolute atomic E-state index is 13.6. The second-order valence-corrected chi connectivity index (χ2v) is 4.50. The van der Waals surface area contributed by atoms with Crippen molar-refractivity contribution >= 4 is 22.1 Å². The van der Waals surface area contributed by atoms with Crippen LogP contribution in [0.4, 0.5) is 4.39 Å². The predicted molar refractivity (Wildman–Crippen MR) is 67.2 cm³/mol. The molecule has 0 saturated carbocycles. The molecule has 0 aliphatic rings. The molecule has 0 N–H and O–H groups in total. The second kappa shape index (κ2) is 3.72. The van der Waals surface area contributed by atoms with Gasteiger partial charge in [0.15, 0.2) is 5.13 Å². The molecule has 0 bridgehead atoms. The number of hydrogen-bond donors (Lipinski definition) is 0. The Morgan fingerprint density at radius 3 is 2.44 bits per heavy atom. The third-order valence-corrected chi connectivity index (χ3v) is 3.40. The van der Waals surface area contributed by atoms with Crippen molar-refractivity contribution in [2.75, 3.05) is 0 Å². The van der Waals surface area contributed by atoms with Crippen LogP contribution in [-0.4, -0.2) is 0 Å². The first kappa shape index (κ1) is 9.55. The SMILES string of the molecule is Fc1sccc1-c1cccc2ccccc12. The molecule has 3 rings (SSSR count).